The van der Waals surface area contributed by atoms with Gasteiger partial charge in [-0.3, -0.25) is 28.3 Å². The number of ether oxygens (including phenoxy) is 2. The summed E-state index contributed by atoms with van der Waals surface area (Å²) in [7, 11) is 2.75. The quantitative estimate of drug-likeness (QED) is 0.0423. The maximum absolute atomic E-state index is 14.2. The zero-order valence-electron chi connectivity index (χ0n) is 36.7. The Balaban J connectivity index is 0.740. The van der Waals surface area contributed by atoms with Crippen LogP contribution in [0, 0.1) is 0 Å². The summed E-state index contributed by atoms with van der Waals surface area (Å²) in [5.41, 5.74) is 14.5. The third kappa shape index (κ3) is 8.52. The van der Waals surface area contributed by atoms with Crippen LogP contribution in [0.2, 0.25) is 0 Å². The average molecular weight is 933 g/mol. The number of amides is 5. The summed E-state index contributed by atoms with van der Waals surface area (Å²) in [6.07, 6.45) is 0.955. The second kappa shape index (κ2) is 17.9. The number of rotatable bonds is 15. The number of carbonyl (C=O) groups excluding carboxylic acids is 4. The van der Waals surface area contributed by atoms with Crippen molar-refractivity contribution in [2.75, 3.05) is 61.2 Å². The van der Waals surface area contributed by atoms with Gasteiger partial charge in [-0.1, -0.05) is 0 Å². The molecule has 1 fully saturated rings. The summed E-state index contributed by atoms with van der Waals surface area (Å²) < 4.78 is 33.3. The summed E-state index contributed by atoms with van der Waals surface area (Å²) in [4.78, 5) is 78.4. The van der Waals surface area contributed by atoms with Gasteiger partial charge in [-0.25, -0.2) is 9.36 Å². The van der Waals surface area contributed by atoms with Gasteiger partial charge < -0.3 is 55.3 Å². The van der Waals surface area contributed by atoms with Crippen molar-refractivity contribution in [2.45, 2.75) is 69.3 Å². The molecule has 4 aliphatic heterocycles. The van der Waals surface area contributed by atoms with Gasteiger partial charge in [0.1, 0.15) is 31.0 Å². The maximum atomic E-state index is 14.2. The van der Waals surface area contributed by atoms with Gasteiger partial charge in [0.25, 0.3) is 17.7 Å². The van der Waals surface area contributed by atoms with Gasteiger partial charge in [0.05, 0.1) is 25.4 Å². The van der Waals surface area contributed by atoms with E-state index in [1.165, 1.54) is 7.11 Å². The molecule has 19 nitrogen and oxygen atoms in total. The van der Waals surface area contributed by atoms with Crippen molar-refractivity contribution < 1.29 is 52.3 Å². The van der Waals surface area contributed by atoms with E-state index in [9.17, 15) is 33.7 Å². The number of aliphatic hydroxyl groups is 1. The van der Waals surface area contributed by atoms with Crippen LogP contribution in [0.5, 0.6) is 0 Å². The first-order valence-corrected chi connectivity index (χ1v) is 23.9. The van der Waals surface area contributed by atoms with Gasteiger partial charge in [-0.2, -0.15) is 0 Å². The Labute approximate surface area is 385 Å². The second-order valence-corrected chi connectivity index (χ2v) is 18.9. The molecule has 3 aromatic heterocycles. The molecule has 2 radical (unpaired) electrons. The number of aromatic amines is 3. The Bertz CT molecular complexity index is 3010. The third-order valence-electron chi connectivity index (χ3n) is 13.3. The predicted octanol–water partition coefficient (Wildman–Crippen LogP) is 4.67. The van der Waals surface area contributed by atoms with E-state index in [1.54, 1.807) is 20.8 Å². The SMILES string of the molecule is [B]C1CC(OP(=O)(O)OCC(O)CCCCNC(=O)c2cc3c4c(ccc3[nH]2)N(C(=O)c2cc3c5c(ccc3[nH]2)N(C(=O)c2cc3c6c(ccc3[nH]2)N(C(N)=O)CC6)CC5)CC4)C(COC)O1. The number of carbonyl (C=O) groups is 4. The predicted molar refractivity (Wildman–Crippen MR) is 250 cm³/mol. The van der Waals surface area contributed by atoms with Gasteiger partial charge >= 0.3 is 13.9 Å². The molecule has 0 bridgehead atoms. The highest BCUT2D eigenvalue weighted by molar-refractivity contribution is 7.47. The molecule has 21 heteroatoms. The minimum atomic E-state index is -4.50. The van der Waals surface area contributed by atoms with Crippen molar-refractivity contribution >= 4 is 89.2 Å². The number of primary amides is 1. The van der Waals surface area contributed by atoms with E-state index in [-0.39, 0.29) is 37.2 Å². The molecule has 67 heavy (non-hydrogen) atoms. The minimum Gasteiger partial charge on any atom is -0.391 e. The van der Waals surface area contributed by atoms with Crippen LogP contribution < -0.4 is 25.8 Å². The number of benzene rings is 3. The molecule has 1 saturated heterocycles. The zero-order chi connectivity index (χ0) is 46.7. The first-order valence-electron chi connectivity index (χ1n) is 22.4. The Morgan fingerprint density at radius 1 is 0.821 bits per heavy atom. The molecule has 5 atom stereocenters. The maximum Gasteiger partial charge on any atom is 0.472 e. The molecule has 6 aromatic rings. The molecular formula is C46H50BN8O11P. The van der Waals surface area contributed by atoms with Gasteiger partial charge in [0, 0.05) is 89.1 Å². The summed E-state index contributed by atoms with van der Waals surface area (Å²) in [5.74, 6) is -0.640. The molecule has 5 amide bonds. The fraction of sp³-hybridized carbons (Fsp3) is 0.391. The van der Waals surface area contributed by atoms with Crippen LogP contribution in [-0.4, -0.2) is 127 Å². The van der Waals surface area contributed by atoms with Crippen LogP contribution in [0.4, 0.5) is 21.9 Å². The molecule has 10 rings (SSSR count). The number of fused-ring (bicyclic) bond motifs is 9. The number of aliphatic hydroxyl groups excluding tert-OH is 1. The minimum absolute atomic E-state index is 0.130. The number of aromatic nitrogens is 3. The molecule has 3 aromatic carbocycles. The van der Waals surface area contributed by atoms with Crippen molar-refractivity contribution in [3.63, 3.8) is 0 Å². The third-order valence-corrected chi connectivity index (χ3v) is 14.3. The van der Waals surface area contributed by atoms with E-state index in [2.05, 4.69) is 20.3 Å². The number of H-pyrrole nitrogens is 3. The lowest BCUT2D eigenvalue weighted by Crippen LogP contribution is -2.33. The lowest BCUT2D eigenvalue weighted by molar-refractivity contribution is -0.0226. The number of nitrogens with one attached hydrogen (secondary N) is 4. The Hall–Kier alpha value is -5.99. The lowest BCUT2D eigenvalue weighted by Gasteiger charge is -2.21. The Morgan fingerprint density at radius 3 is 1.87 bits per heavy atom. The summed E-state index contributed by atoms with van der Waals surface area (Å²) in [6, 6.07) is 15.7. The summed E-state index contributed by atoms with van der Waals surface area (Å²) >= 11 is 0. The summed E-state index contributed by atoms with van der Waals surface area (Å²) in [5, 5.41) is 15.9. The van der Waals surface area contributed by atoms with Crippen LogP contribution in [-0.2, 0) is 42.3 Å². The van der Waals surface area contributed by atoms with Gasteiger partial charge in [-0.05, 0) is 116 Å². The number of hydrogen-bond acceptors (Lipinski definition) is 10. The molecular weight excluding hydrogens is 882 g/mol. The van der Waals surface area contributed by atoms with Crippen LogP contribution >= 0.6 is 7.82 Å². The van der Waals surface area contributed by atoms with Crippen LogP contribution in [0.15, 0.2) is 54.6 Å². The number of phosphoric acid groups is 1. The molecule has 348 valence electrons. The number of methoxy groups -OCH3 is 1. The van der Waals surface area contributed by atoms with E-state index < -0.39 is 44.8 Å². The average Bonchev–Trinajstić information content (AvgIpc) is 4.16. The summed E-state index contributed by atoms with van der Waals surface area (Å²) in [6.45, 7) is 1.49. The largest absolute Gasteiger partial charge is 0.472 e. The highest BCUT2D eigenvalue weighted by Crippen LogP contribution is 2.47. The van der Waals surface area contributed by atoms with Crippen molar-refractivity contribution in [3.05, 3.63) is 88.4 Å². The van der Waals surface area contributed by atoms with Gasteiger partial charge in [-0.15, -0.1) is 0 Å². The topological polar surface area (TPSA) is 258 Å². The van der Waals surface area contributed by atoms with Crippen molar-refractivity contribution in [2.24, 2.45) is 5.73 Å². The number of nitrogens with zero attached hydrogens (tertiary/aromatic N) is 3. The van der Waals surface area contributed by atoms with Crippen LogP contribution in [0.3, 0.4) is 0 Å². The Kier molecular flexibility index (Phi) is 12.0. The van der Waals surface area contributed by atoms with Crippen molar-refractivity contribution in [1.29, 1.82) is 0 Å². The number of hydrogen-bond donors (Lipinski definition) is 7. The van der Waals surface area contributed by atoms with Crippen molar-refractivity contribution in [1.82, 2.24) is 20.3 Å². The molecule has 7 heterocycles. The molecule has 4 aliphatic rings. The monoisotopic (exact) mass is 932 g/mol. The van der Waals surface area contributed by atoms with E-state index >= 15 is 0 Å². The highest BCUT2D eigenvalue weighted by atomic mass is 31.2. The van der Waals surface area contributed by atoms with Crippen molar-refractivity contribution in [3.8, 4) is 0 Å². The van der Waals surface area contributed by atoms with E-state index in [0.717, 1.165) is 66.5 Å². The molecule has 8 N–H and O–H groups in total. The fourth-order valence-electron chi connectivity index (χ4n) is 10.1. The zero-order valence-corrected chi connectivity index (χ0v) is 37.6. The first kappa shape index (κ1) is 44.8. The van der Waals surface area contributed by atoms with Crippen LogP contribution in [0.1, 0.15) is 73.8 Å². The number of nitrogens with two attached hydrogens (primary N) is 1. The normalized spacial score (nSPS) is 20.2. The number of anilines is 3. The highest BCUT2D eigenvalue weighted by Gasteiger charge is 2.39. The number of unbranched alkanes of at least 4 members (excludes halogenated alkanes) is 1. The van der Waals surface area contributed by atoms with Gasteiger partial charge in [0.15, 0.2) is 0 Å². The second-order valence-electron chi connectivity index (χ2n) is 17.5. The molecule has 0 spiro atoms. The van der Waals surface area contributed by atoms with E-state index in [0.29, 0.717) is 75.4 Å². The lowest BCUT2D eigenvalue weighted by atomic mass is 9.96. The molecule has 0 aliphatic carbocycles. The van der Waals surface area contributed by atoms with Gasteiger partial charge in [0.2, 0.25) is 0 Å². The fourth-order valence-corrected chi connectivity index (χ4v) is 11.1. The smallest absolute Gasteiger partial charge is 0.391 e. The Morgan fingerprint density at radius 2 is 1.33 bits per heavy atom. The number of phosphoric ester groups is 1. The molecule has 5 unspecified atom stereocenters. The van der Waals surface area contributed by atoms with E-state index in [4.69, 9.17) is 32.1 Å². The van der Waals surface area contributed by atoms with E-state index in [1.807, 2.05) is 48.5 Å². The standard InChI is InChI=1S/C46H50BN8O11P/c1-63-23-41-40(21-42(47)65-41)66-67(61,62)64-22-24(56)4-2-3-14-49-43(57)34-18-28-25-11-15-53(37(25)8-5-31(28)50-34)44(58)35-19-29-26-12-16-54(38(26)9-6-32(29)51-35)45(59)36-20-30-27-13-17-55(46(48)60)39(27)10-7-33(30)52-36/h5-10,18-20,24,40-42,50-52,56H,2-4,11-17,21-23H2,1H3,(H2,48,60)(H,49,57)(H,61,62). The molecule has 0 saturated carbocycles. The number of urea groups is 1. The first-order chi connectivity index (χ1) is 32.3. The van der Waals surface area contributed by atoms with Crippen LogP contribution in [0.25, 0.3) is 32.7 Å².